The summed E-state index contributed by atoms with van der Waals surface area (Å²) >= 11 is 3.43. The first kappa shape index (κ1) is 12.6. The molecule has 98 valence electrons. The monoisotopic (exact) mass is 319 g/mol. The maximum atomic E-state index is 12.4. The Morgan fingerprint density at radius 2 is 1.68 bits per heavy atom. The highest BCUT2D eigenvalue weighted by Crippen LogP contribution is 2.38. The first-order valence-corrected chi connectivity index (χ1v) is 7.18. The van der Waals surface area contributed by atoms with E-state index in [4.69, 9.17) is 0 Å². The summed E-state index contributed by atoms with van der Waals surface area (Å²) in [5.41, 5.74) is 1.70. The van der Waals surface area contributed by atoms with E-state index in [1.807, 2.05) is 37.3 Å². The molecule has 1 heterocycles. The molecule has 1 saturated heterocycles. The van der Waals surface area contributed by atoms with Gasteiger partial charge in [-0.25, -0.2) is 0 Å². The fraction of sp³-hybridized carbons (Fsp3) is 0.333. The number of amides is 2. The van der Waals surface area contributed by atoms with Crippen molar-refractivity contribution >= 4 is 33.4 Å². The van der Waals surface area contributed by atoms with Gasteiger partial charge in [0.1, 0.15) is 0 Å². The van der Waals surface area contributed by atoms with E-state index in [-0.39, 0.29) is 23.7 Å². The van der Waals surface area contributed by atoms with Gasteiger partial charge in [-0.3, -0.25) is 14.5 Å². The van der Waals surface area contributed by atoms with Crippen LogP contribution in [0.1, 0.15) is 18.4 Å². The second-order valence-corrected chi connectivity index (χ2v) is 5.96. The first-order valence-electron chi connectivity index (χ1n) is 6.38. The van der Waals surface area contributed by atoms with Crippen LogP contribution >= 0.6 is 15.9 Å². The zero-order valence-corrected chi connectivity index (χ0v) is 12.2. The van der Waals surface area contributed by atoms with Gasteiger partial charge in [0.15, 0.2) is 0 Å². The summed E-state index contributed by atoms with van der Waals surface area (Å²) in [6.07, 6.45) is 5.37. The van der Waals surface area contributed by atoms with Crippen LogP contribution < -0.4 is 4.90 Å². The van der Waals surface area contributed by atoms with Crippen molar-refractivity contribution in [2.75, 3.05) is 4.90 Å². The molecule has 0 N–H and O–H groups in total. The zero-order chi connectivity index (χ0) is 13.6. The average Bonchev–Trinajstić information content (AvgIpc) is 2.66. The minimum atomic E-state index is -0.165. The molecule has 0 radical (unpaired) electrons. The lowest BCUT2D eigenvalue weighted by Gasteiger charge is -2.15. The lowest BCUT2D eigenvalue weighted by molar-refractivity contribution is -0.122. The van der Waals surface area contributed by atoms with Gasteiger partial charge in [-0.2, -0.15) is 0 Å². The van der Waals surface area contributed by atoms with Crippen molar-refractivity contribution < 1.29 is 9.59 Å². The van der Waals surface area contributed by atoms with Crippen LogP contribution in [0.4, 0.5) is 5.69 Å². The smallest absolute Gasteiger partial charge is 0.238 e. The van der Waals surface area contributed by atoms with E-state index in [0.29, 0.717) is 18.5 Å². The van der Waals surface area contributed by atoms with Crippen molar-refractivity contribution in [2.24, 2.45) is 11.8 Å². The normalized spacial score (nSPS) is 25.9. The lowest BCUT2D eigenvalue weighted by Crippen LogP contribution is -2.30. The number of hydrogen-bond donors (Lipinski definition) is 0. The predicted molar refractivity (Wildman–Crippen MR) is 76.7 cm³/mol. The highest BCUT2D eigenvalue weighted by atomic mass is 79.9. The third kappa shape index (κ3) is 1.94. The van der Waals surface area contributed by atoms with E-state index >= 15 is 0 Å². The van der Waals surface area contributed by atoms with E-state index in [0.717, 1.165) is 10.0 Å². The lowest BCUT2D eigenvalue weighted by atomic mass is 9.85. The molecule has 1 aliphatic heterocycles. The first-order chi connectivity index (χ1) is 9.09. The summed E-state index contributed by atoms with van der Waals surface area (Å²) in [4.78, 5) is 26.2. The third-order valence-corrected chi connectivity index (χ3v) is 4.80. The molecule has 0 spiro atoms. The molecule has 0 saturated carbocycles. The fourth-order valence-electron chi connectivity index (χ4n) is 2.82. The minimum Gasteiger partial charge on any atom is -0.274 e. The summed E-state index contributed by atoms with van der Waals surface area (Å²) in [6, 6.07) is 5.58. The molecule has 1 aliphatic carbocycles. The van der Waals surface area contributed by atoms with Gasteiger partial charge >= 0.3 is 0 Å². The van der Waals surface area contributed by atoms with Gasteiger partial charge in [-0.15, -0.1) is 0 Å². The van der Waals surface area contributed by atoms with Crippen molar-refractivity contribution in [3.8, 4) is 0 Å². The number of imide groups is 1. The number of allylic oxidation sites excluding steroid dienone is 2. The predicted octanol–water partition coefficient (Wildman–Crippen LogP) is 3.21. The Hall–Kier alpha value is -1.42. The summed E-state index contributed by atoms with van der Waals surface area (Å²) in [5.74, 6) is -0.440. The highest BCUT2D eigenvalue weighted by molar-refractivity contribution is 9.10. The second kappa shape index (κ2) is 4.60. The molecule has 3 nitrogen and oxygen atoms in total. The fourth-order valence-corrected chi connectivity index (χ4v) is 3.07. The standard InChI is InChI=1S/C15H14BrNO2/c1-9-8-10(6-7-13(9)16)17-14(18)11-4-2-3-5-12(11)15(17)19/h2-3,6-8,11-12H,4-5H2,1H3/t11-,12-/m1/s1. The number of anilines is 1. The molecule has 4 heteroatoms. The van der Waals surface area contributed by atoms with Crippen molar-refractivity contribution in [3.63, 3.8) is 0 Å². The van der Waals surface area contributed by atoms with Gasteiger partial charge in [0.25, 0.3) is 0 Å². The quantitative estimate of drug-likeness (QED) is 0.588. The van der Waals surface area contributed by atoms with E-state index in [9.17, 15) is 9.59 Å². The molecule has 2 atom stereocenters. The van der Waals surface area contributed by atoms with E-state index < -0.39 is 0 Å². The van der Waals surface area contributed by atoms with Crippen LogP contribution in [0.2, 0.25) is 0 Å². The molecule has 0 unspecified atom stereocenters. The number of halogens is 1. The number of fused-ring (bicyclic) bond motifs is 1. The Kier molecular flexibility index (Phi) is 3.05. The molecular formula is C15H14BrNO2. The van der Waals surface area contributed by atoms with Gasteiger partial charge in [0.05, 0.1) is 17.5 Å². The van der Waals surface area contributed by atoms with Gasteiger partial charge in [0.2, 0.25) is 11.8 Å². The number of carbonyl (C=O) groups excluding carboxylic acids is 2. The maximum Gasteiger partial charge on any atom is 0.238 e. The van der Waals surface area contributed by atoms with Crippen molar-refractivity contribution in [1.29, 1.82) is 0 Å². The van der Waals surface area contributed by atoms with Crippen LogP contribution in [0.15, 0.2) is 34.8 Å². The van der Waals surface area contributed by atoms with Crippen molar-refractivity contribution in [3.05, 3.63) is 40.4 Å². The van der Waals surface area contributed by atoms with Gasteiger partial charge in [-0.1, -0.05) is 28.1 Å². The van der Waals surface area contributed by atoms with Crippen molar-refractivity contribution in [1.82, 2.24) is 0 Å². The van der Waals surface area contributed by atoms with Crippen molar-refractivity contribution in [2.45, 2.75) is 19.8 Å². The second-order valence-electron chi connectivity index (χ2n) is 5.10. The molecule has 0 aromatic heterocycles. The molecule has 0 bridgehead atoms. The Balaban J connectivity index is 1.99. The Labute approximate surface area is 120 Å². The summed E-state index contributed by atoms with van der Waals surface area (Å²) in [7, 11) is 0. The van der Waals surface area contributed by atoms with E-state index in [2.05, 4.69) is 15.9 Å². The Bertz CT molecular complexity index is 568. The van der Waals surface area contributed by atoms with Crippen LogP contribution in [0.3, 0.4) is 0 Å². The third-order valence-electron chi connectivity index (χ3n) is 3.91. The van der Waals surface area contributed by atoms with Crippen LogP contribution in [0, 0.1) is 18.8 Å². The van der Waals surface area contributed by atoms with Gasteiger partial charge in [0, 0.05) is 4.47 Å². The zero-order valence-electron chi connectivity index (χ0n) is 10.6. The molecule has 1 aromatic rings. The topological polar surface area (TPSA) is 37.4 Å². The van der Waals surface area contributed by atoms with E-state index in [1.54, 1.807) is 0 Å². The van der Waals surface area contributed by atoms with Crippen LogP contribution in [-0.2, 0) is 9.59 Å². The van der Waals surface area contributed by atoms with Gasteiger partial charge in [-0.05, 0) is 43.5 Å². The number of nitrogens with zero attached hydrogens (tertiary/aromatic N) is 1. The number of benzene rings is 1. The van der Waals surface area contributed by atoms with Crippen LogP contribution in [-0.4, -0.2) is 11.8 Å². The highest BCUT2D eigenvalue weighted by Gasteiger charge is 2.47. The SMILES string of the molecule is Cc1cc(N2C(=O)[C@@H]3CC=CC[C@H]3C2=O)ccc1Br. The summed E-state index contributed by atoms with van der Waals surface area (Å²) in [5, 5.41) is 0. The van der Waals surface area contributed by atoms with E-state index in [1.165, 1.54) is 4.90 Å². The summed E-state index contributed by atoms with van der Waals surface area (Å²) < 4.78 is 0.981. The summed E-state index contributed by atoms with van der Waals surface area (Å²) in [6.45, 7) is 1.95. The Morgan fingerprint density at radius 1 is 1.11 bits per heavy atom. The Morgan fingerprint density at radius 3 is 2.21 bits per heavy atom. The molecule has 1 aromatic carbocycles. The van der Waals surface area contributed by atoms with Crippen LogP contribution in [0.25, 0.3) is 0 Å². The maximum absolute atomic E-state index is 12.4. The number of hydrogen-bond acceptors (Lipinski definition) is 2. The molecule has 2 aliphatic rings. The average molecular weight is 320 g/mol. The molecule has 3 rings (SSSR count). The number of carbonyl (C=O) groups is 2. The largest absolute Gasteiger partial charge is 0.274 e. The number of aryl methyl sites for hydroxylation is 1. The minimum absolute atomic E-state index is 0.0546. The molecule has 19 heavy (non-hydrogen) atoms. The molecule has 2 amide bonds. The molecular weight excluding hydrogens is 306 g/mol. The molecule has 1 fully saturated rings. The number of rotatable bonds is 1. The van der Waals surface area contributed by atoms with Gasteiger partial charge < -0.3 is 0 Å². The van der Waals surface area contributed by atoms with Crippen LogP contribution in [0.5, 0.6) is 0 Å².